The summed E-state index contributed by atoms with van der Waals surface area (Å²) < 4.78 is 0. The highest BCUT2D eigenvalue weighted by atomic mass is 16.6. The van der Waals surface area contributed by atoms with E-state index < -0.39 is 10.8 Å². The van der Waals surface area contributed by atoms with Crippen molar-refractivity contribution >= 4 is 23.2 Å². The average molecular weight is 291 g/mol. The monoisotopic (exact) mass is 291 g/mol. The molecule has 2 amide bonds. The Labute approximate surface area is 122 Å². The summed E-state index contributed by atoms with van der Waals surface area (Å²) in [6.07, 6.45) is 0.180. The van der Waals surface area contributed by atoms with Gasteiger partial charge >= 0.3 is 0 Å². The fourth-order valence-electron chi connectivity index (χ4n) is 2.35. The van der Waals surface area contributed by atoms with Gasteiger partial charge in [0.05, 0.1) is 10.8 Å². The van der Waals surface area contributed by atoms with Crippen LogP contribution < -0.4 is 5.32 Å². The number of nitrogens with one attached hydrogen (secondary N) is 1. The van der Waals surface area contributed by atoms with Gasteiger partial charge in [-0.05, 0) is 19.9 Å². The number of benzene rings is 1. The first-order valence-electron chi connectivity index (χ1n) is 6.73. The van der Waals surface area contributed by atoms with E-state index in [2.05, 4.69) is 5.32 Å². The van der Waals surface area contributed by atoms with Crippen LogP contribution >= 0.6 is 0 Å². The number of non-ortho nitro benzene ring substituents is 1. The summed E-state index contributed by atoms with van der Waals surface area (Å²) in [7, 11) is 0. The molecule has 1 aromatic rings. The van der Waals surface area contributed by atoms with E-state index in [4.69, 9.17) is 0 Å². The molecule has 1 atom stereocenters. The zero-order chi connectivity index (χ0) is 15.6. The molecule has 0 saturated carbocycles. The highest BCUT2D eigenvalue weighted by Gasteiger charge is 2.35. The van der Waals surface area contributed by atoms with E-state index in [0.29, 0.717) is 12.2 Å². The number of nitro groups is 1. The molecule has 1 heterocycles. The molecule has 1 aliphatic heterocycles. The maximum absolute atomic E-state index is 12.1. The van der Waals surface area contributed by atoms with Crippen LogP contribution in [0.5, 0.6) is 0 Å². The normalized spacial score (nSPS) is 18.1. The highest BCUT2D eigenvalue weighted by molar-refractivity contribution is 5.97. The predicted octanol–water partition coefficient (Wildman–Crippen LogP) is 1.79. The van der Waals surface area contributed by atoms with E-state index in [-0.39, 0.29) is 30.0 Å². The minimum atomic E-state index is -0.519. The van der Waals surface area contributed by atoms with Crippen molar-refractivity contribution in [1.82, 2.24) is 4.90 Å². The van der Waals surface area contributed by atoms with Gasteiger partial charge in [-0.25, -0.2) is 0 Å². The molecular weight excluding hydrogens is 274 g/mol. The number of hydrogen-bond acceptors (Lipinski definition) is 4. The molecular formula is C14H17N3O4. The van der Waals surface area contributed by atoms with Gasteiger partial charge in [-0.3, -0.25) is 19.7 Å². The number of hydrogen-bond donors (Lipinski definition) is 1. The van der Waals surface area contributed by atoms with E-state index in [1.54, 1.807) is 11.0 Å². The molecule has 1 saturated heterocycles. The van der Waals surface area contributed by atoms with Gasteiger partial charge in [0.15, 0.2) is 0 Å². The van der Waals surface area contributed by atoms with Crippen molar-refractivity contribution in [2.75, 3.05) is 11.9 Å². The smallest absolute Gasteiger partial charge is 0.271 e. The Morgan fingerprint density at radius 3 is 2.76 bits per heavy atom. The number of likely N-dealkylation sites (tertiary alicyclic amines) is 1. The minimum absolute atomic E-state index is 0.0378. The lowest BCUT2D eigenvalue weighted by Crippen LogP contribution is -2.33. The van der Waals surface area contributed by atoms with Crippen molar-refractivity contribution in [1.29, 1.82) is 0 Å². The zero-order valence-corrected chi connectivity index (χ0v) is 11.9. The molecule has 0 aromatic heterocycles. The molecule has 7 nitrogen and oxygen atoms in total. The van der Waals surface area contributed by atoms with Crippen LogP contribution in [0.3, 0.4) is 0 Å². The van der Waals surface area contributed by atoms with Crippen LogP contribution in [-0.4, -0.2) is 34.2 Å². The maximum Gasteiger partial charge on any atom is 0.271 e. The summed E-state index contributed by atoms with van der Waals surface area (Å²) in [5.41, 5.74) is 0.281. The third-order valence-electron chi connectivity index (χ3n) is 3.48. The molecule has 112 valence electrons. The highest BCUT2D eigenvalue weighted by Crippen LogP contribution is 2.23. The fourth-order valence-corrected chi connectivity index (χ4v) is 2.35. The Balaban J connectivity index is 2.04. The fraction of sp³-hybridized carbons (Fsp3) is 0.429. The third kappa shape index (κ3) is 3.36. The van der Waals surface area contributed by atoms with Gasteiger partial charge in [0.1, 0.15) is 0 Å². The standard InChI is InChI=1S/C14H17N3O4/c1-9(2)16-8-10(6-13(16)18)14(19)15-11-4-3-5-12(7-11)17(20)21/h3-5,7,9-10H,6,8H2,1-2H3,(H,15,19)/t10-/m1/s1. The van der Waals surface area contributed by atoms with E-state index in [0.717, 1.165) is 0 Å². The van der Waals surface area contributed by atoms with Crippen molar-refractivity contribution in [3.63, 3.8) is 0 Å². The van der Waals surface area contributed by atoms with Gasteiger partial charge < -0.3 is 10.2 Å². The van der Waals surface area contributed by atoms with Gasteiger partial charge in [0.25, 0.3) is 5.69 Å². The van der Waals surface area contributed by atoms with Gasteiger partial charge in [-0.15, -0.1) is 0 Å². The quantitative estimate of drug-likeness (QED) is 0.676. The van der Waals surface area contributed by atoms with Crippen LogP contribution in [0.1, 0.15) is 20.3 Å². The second kappa shape index (κ2) is 5.90. The Bertz CT molecular complexity index is 585. The Morgan fingerprint density at radius 2 is 2.19 bits per heavy atom. The molecule has 0 aliphatic carbocycles. The number of nitro benzene ring substituents is 1. The molecule has 1 N–H and O–H groups in total. The van der Waals surface area contributed by atoms with Gasteiger partial charge in [-0.1, -0.05) is 6.07 Å². The molecule has 1 aromatic carbocycles. The Kier molecular flexibility index (Phi) is 4.21. The van der Waals surface area contributed by atoms with Crippen molar-refractivity contribution in [2.24, 2.45) is 5.92 Å². The summed E-state index contributed by atoms with van der Waals surface area (Å²) in [5.74, 6) is -0.740. The second-order valence-electron chi connectivity index (χ2n) is 5.34. The van der Waals surface area contributed by atoms with Crippen LogP contribution in [0.25, 0.3) is 0 Å². The summed E-state index contributed by atoms with van der Waals surface area (Å²) in [6.45, 7) is 4.19. The van der Waals surface area contributed by atoms with Crippen LogP contribution in [-0.2, 0) is 9.59 Å². The number of rotatable bonds is 4. The van der Waals surface area contributed by atoms with Crippen LogP contribution in [0.15, 0.2) is 24.3 Å². The number of amides is 2. The predicted molar refractivity (Wildman–Crippen MR) is 76.7 cm³/mol. The van der Waals surface area contributed by atoms with Crippen molar-refractivity contribution in [2.45, 2.75) is 26.3 Å². The molecule has 0 bridgehead atoms. The van der Waals surface area contributed by atoms with Crippen molar-refractivity contribution in [3.8, 4) is 0 Å². The summed E-state index contributed by atoms with van der Waals surface area (Å²) in [5, 5.41) is 13.3. The van der Waals surface area contributed by atoms with Crippen LogP contribution in [0.4, 0.5) is 11.4 Å². The van der Waals surface area contributed by atoms with Gasteiger partial charge in [0, 0.05) is 36.8 Å². The first-order chi connectivity index (χ1) is 9.88. The summed E-state index contributed by atoms with van der Waals surface area (Å²) >= 11 is 0. The Morgan fingerprint density at radius 1 is 1.48 bits per heavy atom. The first kappa shape index (κ1) is 15.0. The lowest BCUT2D eigenvalue weighted by Gasteiger charge is -2.20. The molecule has 1 aliphatic rings. The summed E-state index contributed by atoms with van der Waals surface area (Å²) in [6, 6.07) is 5.81. The first-order valence-corrected chi connectivity index (χ1v) is 6.73. The zero-order valence-electron chi connectivity index (χ0n) is 11.9. The van der Waals surface area contributed by atoms with Crippen LogP contribution in [0.2, 0.25) is 0 Å². The molecule has 1 fully saturated rings. The molecule has 0 unspecified atom stereocenters. The topological polar surface area (TPSA) is 92.6 Å². The molecule has 21 heavy (non-hydrogen) atoms. The molecule has 2 rings (SSSR count). The Hall–Kier alpha value is -2.44. The van der Waals surface area contributed by atoms with E-state index in [9.17, 15) is 19.7 Å². The lowest BCUT2D eigenvalue weighted by atomic mass is 10.1. The van der Waals surface area contributed by atoms with E-state index in [1.807, 2.05) is 13.8 Å². The number of nitrogens with zero attached hydrogens (tertiary/aromatic N) is 2. The number of anilines is 1. The van der Waals surface area contributed by atoms with Crippen molar-refractivity contribution in [3.05, 3.63) is 34.4 Å². The van der Waals surface area contributed by atoms with Gasteiger partial charge in [0.2, 0.25) is 11.8 Å². The largest absolute Gasteiger partial charge is 0.339 e. The van der Waals surface area contributed by atoms with Gasteiger partial charge in [-0.2, -0.15) is 0 Å². The average Bonchev–Trinajstić information content (AvgIpc) is 2.81. The van der Waals surface area contributed by atoms with E-state index >= 15 is 0 Å². The van der Waals surface area contributed by atoms with Crippen molar-refractivity contribution < 1.29 is 14.5 Å². The van der Waals surface area contributed by atoms with Crippen LogP contribution in [0, 0.1) is 16.0 Å². The summed E-state index contributed by atoms with van der Waals surface area (Å²) in [4.78, 5) is 35.8. The third-order valence-corrected chi connectivity index (χ3v) is 3.48. The molecule has 7 heteroatoms. The minimum Gasteiger partial charge on any atom is -0.339 e. The number of carbonyl (C=O) groups excluding carboxylic acids is 2. The maximum atomic E-state index is 12.1. The molecule has 0 spiro atoms. The SMILES string of the molecule is CC(C)N1C[C@H](C(=O)Nc2cccc([N+](=O)[O-])c2)CC1=O. The lowest BCUT2D eigenvalue weighted by molar-refractivity contribution is -0.384. The number of carbonyl (C=O) groups is 2. The second-order valence-corrected chi connectivity index (χ2v) is 5.34. The van der Waals surface area contributed by atoms with E-state index in [1.165, 1.54) is 18.2 Å². The molecule has 0 radical (unpaired) electrons.